The van der Waals surface area contributed by atoms with Crippen LogP contribution >= 0.6 is 23.4 Å². The monoisotopic (exact) mass is 313 g/mol. The molecule has 20 heavy (non-hydrogen) atoms. The number of pyridine rings is 1. The van der Waals surface area contributed by atoms with E-state index in [9.17, 15) is 4.79 Å². The molecule has 0 aliphatic heterocycles. The lowest BCUT2D eigenvalue weighted by Gasteiger charge is -2.16. The largest absolute Gasteiger partial charge is 0.396 e. The first-order chi connectivity index (χ1) is 9.67. The predicted octanol–water partition coefficient (Wildman–Crippen LogP) is 1.83. The lowest BCUT2D eigenvalue weighted by Crippen LogP contribution is -2.38. The van der Waals surface area contributed by atoms with Crippen LogP contribution in [0.1, 0.15) is 16.9 Å². The molecule has 2 aromatic rings. The Kier molecular flexibility index (Phi) is 5.28. The molecule has 0 aliphatic carbocycles. The molecular formula is C13H16ClN3O2S. The fraction of sp³-hybridized carbons (Fsp3) is 0.385. The molecule has 2 N–H and O–H groups in total. The Morgan fingerprint density at radius 3 is 3.10 bits per heavy atom. The minimum Gasteiger partial charge on any atom is -0.396 e. The van der Waals surface area contributed by atoms with Gasteiger partial charge in [0.15, 0.2) is 10.8 Å². The number of hydrogen-bond acceptors (Lipinski definition) is 4. The third-order valence-corrected chi connectivity index (χ3v) is 3.88. The molecule has 0 aliphatic rings. The zero-order valence-corrected chi connectivity index (χ0v) is 12.6. The van der Waals surface area contributed by atoms with Crippen LogP contribution in [0.4, 0.5) is 0 Å². The van der Waals surface area contributed by atoms with Gasteiger partial charge in [0, 0.05) is 24.6 Å². The molecule has 2 rings (SSSR count). The highest BCUT2D eigenvalue weighted by Gasteiger charge is 2.20. The molecule has 0 spiro atoms. The number of aliphatic hydroxyl groups excluding tert-OH is 1. The van der Waals surface area contributed by atoms with E-state index in [4.69, 9.17) is 16.7 Å². The van der Waals surface area contributed by atoms with Crippen molar-refractivity contribution in [1.29, 1.82) is 0 Å². The summed E-state index contributed by atoms with van der Waals surface area (Å²) in [5.41, 5.74) is 0.956. The van der Waals surface area contributed by atoms with Crippen LogP contribution in [0.25, 0.3) is 5.65 Å². The highest BCUT2D eigenvalue weighted by molar-refractivity contribution is 7.98. The van der Waals surface area contributed by atoms with Crippen LogP contribution in [0.15, 0.2) is 24.4 Å². The summed E-state index contributed by atoms with van der Waals surface area (Å²) in [5.74, 6) is 0.460. The Labute approximate surface area is 126 Å². The summed E-state index contributed by atoms with van der Waals surface area (Å²) in [5, 5.41) is 12.1. The van der Waals surface area contributed by atoms with Gasteiger partial charge >= 0.3 is 0 Å². The normalized spacial score (nSPS) is 12.6. The highest BCUT2D eigenvalue weighted by atomic mass is 35.5. The Hall–Kier alpha value is -1.24. The molecule has 1 unspecified atom stereocenters. The SMILES string of the molecule is CSCC(CCO)NC(=O)c1c(Cl)nc2ccccn12. The van der Waals surface area contributed by atoms with Gasteiger partial charge in [-0.1, -0.05) is 17.7 Å². The fourth-order valence-electron chi connectivity index (χ4n) is 1.98. The van der Waals surface area contributed by atoms with Crippen molar-refractivity contribution in [1.82, 2.24) is 14.7 Å². The number of nitrogens with zero attached hydrogens (tertiary/aromatic N) is 2. The van der Waals surface area contributed by atoms with Gasteiger partial charge in [-0.15, -0.1) is 0 Å². The number of rotatable bonds is 6. The van der Waals surface area contributed by atoms with Crippen LogP contribution in [-0.2, 0) is 0 Å². The van der Waals surface area contributed by atoms with E-state index in [0.29, 0.717) is 17.8 Å². The molecule has 0 bridgehead atoms. The molecule has 0 radical (unpaired) electrons. The molecule has 0 fully saturated rings. The molecule has 7 heteroatoms. The van der Waals surface area contributed by atoms with Gasteiger partial charge in [0.1, 0.15) is 5.65 Å². The van der Waals surface area contributed by atoms with Crippen molar-refractivity contribution in [2.45, 2.75) is 12.5 Å². The van der Waals surface area contributed by atoms with E-state index in [2.05, 4.69) is 10.3 Å². The maximum Gasteiger partial charge on any atom is 0.271 e. The average molecular weight is 314 g/mol. The van der Waals surface area contributed by atoms with Gasteiger partial charge in [-0.25, -0.2) is 4.98 Å². The Balaban J connectivity index is 2.24. The van der Waals surface area contributed by atoms with E-state index in [1.54, 1.807) is 28.4 Å². The second kappa shape index (κ2) is 6.97. The van der Waals surface area contributed by atoms with Gasteiger partial charge in [-0.2, -0.15) is 11.8 Å². The fourth-order valence-corrected chi connectivity index (χ4v) is 2.89. The number of thioether (sulfide) groups is 1. The van der Waals surface area contributed by atoms with Gasteiger partial charge in [0.05, 0.1) is 0 Å². The van der Waals surface area contributed by atoms with Crippen LogP contribution in [0, 0.1) is 0 Å². The number of aromatic nitrogens is 2. The molecule has 2 aromatic heterocycles. The van der Waals surface area contributed by atoms with Crippen molar-refractivity contribution in [3.63, 3.8) is 0 Å². The van der Waals surface area contributed by atoms with Crippen LogP contribution in [0.5, 0.6) is 0 Å². The van der Waals surface area contributed by atoms with Crippen molar-refractivity contribution in [2.24, 2.45) is 0 Å². The maximum absolute atomic E-state index is 12.4. The lowest BCUT2D eigenvalue weighted by atomic mass is 10.2. The standard InChI is InChI=1S/C13H16ClN3O2S/c1-20-8-9(5-7-18)15-13(19)11-12(14)16-10-4-2-3-6-17(10)11/h2-4,6,9,18H,5,7-8H2,1H3,(H,15,19). The molecule has 108 valence electrons. The first-order valence-corrected chi connectivity index (χ1v) is 7.97. The summed E-state index contributed by atoms with van der Waals surface area (Å²) in [6.45, 7) is 0.0341. The number of carbonyl (C=O) groups is 1. The van der Waals surface area contributed by atoms with Gasteiger partial charge < -0.3 is 10.4 Å². The molecule has 0 aromatic carbocycles. The van der Waals surface area contributed by atoms with E-state index >= 15 is 0 Å². The summed E-state index contributed by atoms with van der Waals surface area (Å²) >= 11 is 7.67. The molecule has 5 nitrogen and oxygen atoms in total. The smallest absolute Gasteiger partial charge is 0.271 e. The number of amides is 1. The highest BCUT2D eigenvalue weighted by Crippen LogP contribution is 2.17. The van der Waals surface area contributed by atoms with E-state index in [1.807, 2.05) is 18.4 Å². The number of imidazole rings is 1. The van der Waals surface area contributed by atoms with Gasteiger partial charge in [0.25, 0.3) is 5.91 Å². The molecule has 0 saturated carbocycles. The summed E-state index contributed by atoms with van der Waals surface area (Å²) in [4.78, 5) is 16.5. The number of carbonyl (C=O) groups excluding carboxylic acids is 1. The van der Waals surface area contributed by atoms with E-state index in [1.165, 1.54) is 0 Å². The first-order valence-electron chi connectivity index (χ1n) is 6.20. The minimum atomic E-state index is -0.277. The van der Waals surface area contributed by atoms with E-state index in [0.717, 1.165) is 5.75 Å². The molecule has 1 amide bonds. The molecular weight excluding hydrogens is 298 g/mol. The van der Waals surface area contributed by atoms with Crippen molar-refractivity contribution in [2.75, 3.05) is 18.6 Å². The number of halogens is 1. The van der Waals surface area contributed by atoms with Crippen molar-refractivity contribution in [3.8, 4) is 0 Å². The number of nitrogens with one attached hydrogen (secondary N) is 1. The summed E-state index contributed by atoms with van der Waals surface area (Å²) in [6, 6.07) is 5.35. The zero-order valence-electron chi connectivity index (χ0n) is 11.0. The number of hydrogen-bond donors (Lipinski definition) is 2. The third kappa shape index (κ3) is 3.26. The van der Waals surface area contributed by atoms with Crippen molar-refractivity contribution in [3.05, 3.63) is 35.2 Å². The second-order valence-electron chi connectivity index (χ2n) is 4.32. The van der Waals surface area contributed by atoms with Gasteiger partial charge in [-0.3, -0.25) is 9.20 Å². The Morgan fingerprint density at radius 1 is 1.60 bits per heavy atom. The molecule has 2 heterocycles. The van der Waals surface area contributed by atoms with Crippen LogP contribution in [0.2, 0.25) is 5.15 Å². The van der Waals surface area contributed by atoms with Crippen LogP contribution in [-0.4, -0.2) is 45.1 Å². The zero-order chi connectivity index (χ0) is 14.5. The molecule has 0 saturated heterocycles. The molecule has 1 atom stereocenters. The van der Waals surface area contributed by atoms with Gasteiger partial charge in [0.2, 0.25) is 0 Å². The summed E-state index contributed by atoms with van der Waals surface area (Å²) in [6.07, 6.45) is 4.22. The van der Waals surface area contributed by atoms with Crippen molar-refractivity contribution >= 4 is 34.9 Å². The average Bonchev–Trinajstić information content (AvgIpc) is 2.75. The minimum absolute atomic E-state index is 0.0341. The Bertz CT molecular complexity index is 596. The first kappa shape index (κ1) is 15.2. The van der Waals surface area contributed by atoms with E-state index < -0.39 is 0 Å². The lowest BCUT2D eigenvalue weighted by molar-refractivity contribution is 0.0929. The van der Waals surface area contributed by atoms with Crippen LogP contribution < -0.4 is 5.32 Å². The topological polar surface area (TPSA) is 66.6 Å². The Morgan fingerprint density at radius 2 is 2.40 bits per heavy atom. The number of fused-ring (bicyclic) bond motifs is 1. The maximum atomic E-state index is 12.4. The number of aliphatic hydroxyl groups is 1. The van der Waals surface area contributed by atoms with Crippen molar-refractivity contribution < 1.29 is 9.90 Å². The second-order valence-corrected chi connectivity index (χ2v) is 5.59. The quantitative estimate of drug-likeness (QED) is 0.854. The van der Waals surface area contributed by atoms with Gasteiger partial charge in [-0.05, 0) is 24.8 Å². The summed E-state index contributed by atoms with van der Waals surface area (Å²) < 4.78 is 1.66. The van der Waals surface area contributed by atoms with Crippen LogP contribution in [0.3, 0.4) is 0 Å². The third-order valence-electron chi connectivity index (χ3n) is 2.88. The summed E-state index contributed by atoms with van der Waals surface area (Å²) in [7, 11) is 0. The van der Waals surface area contributed by atoms with E-state index in [-0.39, 0.29) is 23.7 Å². The predicted molar refractivity (Wildman–Crippen MR) is 81.5 cm³/mol.